The van der Waals surface area contributed by atoms with Crippen LogP contribution in [0.25, 0.3) is 0 Å². The summed E-state index contributed by atoms with van der Waals surface area (Å²) in [6.45, 7) is 2.36. The van der Waals surface area contributed by atoms with Crippen LogP contribution < -0.4 is 5.32 Å². The minimum absolute atomic E-state index is 0.0744. The van der Waals surface area contributed by atoms with Crippen LogP contribution in [-0.2, 0) is 11.3 Å². The van der Waals surface area contributed by atoms with Gasteiger partial charge in [0.2, 0.25) is 0 Å². The first-order valence-electron chi connectivity index (χ1n) is 7.41. The lowest BCUT2D eigenvalue weighted by Gasteiger charge is -2.36. The molecular formula is C16H19ClN2O2. The topological polar surface area (TPSA) is 49.4 Å². The number of carbonyl (C=O) groups excluding carboxylic acids is 2. The molecule has 0 radical (unpaired) electrons. The third-order valence-corrected chi connectivity index (χ3v) is 5.01. The van der Waals surface area contributed by atoms with Crippen molar-refractivity contribution in [1.82, 2.24) is 10.2 Å². The van der Waals surface area contributed by atoms with E-state index in [2.05, 4.69) is 12.2 Å². The monoisotopic (exact) mass is 306 g/mol. The number of urea groups is 1. The van der Waals surface area contributed by atoms with Crippen LogP contribution in [0.4, 0.5) is 4.79 Å². The maximum atomic E-state index is 12.8. The van der Waals surface area contributed by atoms with Crippen LogP contribution in [0.1, 0.15) is 38.2 Å². The number of amides is 3. The van der Waals surface area contributed by atoms with E-state index < -0.39 is 5.54 Å². The molecule has 5 heteroatoms. The molecule has 1 saturated heterocycles. The van der Waals surface area contributed by atoms with E-state index in [9.17, 15) is 9.59 Å². The molecule has 1 aliphatic heterocycles. The number of imide groups is 1. The van der Waals surface area contributed by atoms with Crippen LogP contribution in [0.15, 0.2) is 24.3 Å². The zero-order chi connectivity index (χ0) is 15.0. The molecule has 4 nitrogen and oxygen atoms in total. The summed E-state index contributed by atoms with van der Waals surface area (Å²) in [5.74, 6) is 0.118. The fraction of sp³-hybridized carbons (Fsp3) is 0.500. The summed E-state index contributed by atoms with van der Waals surface area (Å²) in [5, 5.41) is 3.61. The normalized spacial score (nSPS) is 29.0. The van der Waals surface area contributed by atoms with Crippen molar-refractivity contribution in [3.05, 3.63) is 34.9 Å². The van der Waals surface area contributed by atoms with Gasteiger partial charge >= 0.3 is 6.03 Å². The van der Waals surface area contributed by atoms with Crippen LogP contribution in [0.3, 0.4) is 0 Å². The second-order valence-corrected chi connectivity index (χ2v) is 6.50. The van der Waals surface area contributed by atoms with E-state index >= 15 is 0 Å². The molecule has 1 heterocycles. The van der Waals surface area contributed by atoms with Gasteiger partial charge in [-0.2, -0.15) is 0 Å². The maximum absolute atomic E-state index is 12.8. The van der Waals surface area contributed by atoms with Crippen molar-refractivity contribution in [2.45, 2.75) is 44.7 Å². The highest BCUT2D eigenvalue weighted by Gasteiger charge is 2.54. The van der Waals surface area contributed by atoms with Crippen LogP contribution >= 0.6 is 11.6 Å². The van der Waals surface area contributed by atoms with Gasteiger partial charge in [0, 0.05) is 5.02 Å². The molecular weight excluding hydrogens is 288 g/mol. The van der Waals surface area contributed by atoms with Crippen LogP contribution in [0.2, 0.25) is 5.02 Å². The predicted octanol–water partition coefficient (Wildman–Crippen LogP) is 3.34. The average Bonchev–Trinajstić information content (AvgIpc) is 2.70. The van der Waals surface area contributed by atoms with E-state index in [-0.39, 0.29) is 17.9 Å². The van der Waals surface area contributed by atoms with Crippen LogP contribution in [0.5, 0.6) is 0 Å². The molecule has 1 saturated carbocycles. The van der Waals surface area contributed by atoms with E-state index in [0.29, 0.717) is 11.6 Å². The summed E-state index contributed by atoms with van der Waals surface area (Å²) in [6, 6.07) is 6.96. The van der Waals surface area contributed by atoms with Crippen LogP contribution in [-0.4, -0.2) is 22.4 Å². The van der Waals surface area contributed by atoms with Crippen molar-refractivity contribution in [2.24, 2.45) is 5.92 Å². The van der Waals surface area contributed by atoms with Gasteiger partial charge in [0.25, 0.3) is 5.91 Å². The van der Waals surface area contributed by atoms with Gasteiger partial charge < -0.3 is 5.32 Å². The highest BCUT2D eigenvalue weighted by Crippen LogP contribution is 2.38. The smallest absolute Gasteiger partial charge is 0.323 e. The highest BCUT2D eigenvalue weighted by atomic mass is 35.5. The van der Waals surface area contributed by atoms with Gasteiger partial charge in [0.15, 0.2) is 0 Å². The molecule has 1 aromatic carbocycles. The first kappa shape index (κ1) is 14.4. The maximum Gasteiger partial charge on any atom is 0.325 e. The Bertz CT molecular complexity index is 572. The Hall–Kier alpha value is -1.55. The first-order chi connectivity index (χ1) is 10.0. The molecule has 3 amide bonds. The fourth-order valence-corrected chi connectivity index (χ4v) is 3.54. The predicted molar refractivity (Wildman–Crippen MR) is 80.9 cm³/mol. The summed E-state index contributed by atoms with van der Waals surface area (Å²) >= 11 is 5.86. The summed E-state index contributed by atoms with van der Waals surface area (Å²) in [7, 11) is 0. The quantitative estimate of drug-likeness (QED) is 0.852. The third kappa shape index (κ3) is 2.42. The Morgan fingerprint density at radius 3 is 2.67 bits per heavy atom. The summed E-state index contributed by atoms with van der Waals surface area (Å²) in [4.78, 5) is 26.4. The summed E-state index contributed by atoms with van der Waals surface area (Å²) < 4.78 is 0. The molecule has 3 rings (SSSR count). The SMILES string of the molecule is C[C@@H]1CCCC[C@]12NC(=O)N(Cc1ccc(Cl)cc1)C2=O. The Kier molecular flexibility index (Phi) is 3.66. The molecule has 0 bridgehead atoms. The lowest BCUT2D eigenvalue weighted by molar-refractivity contribution is -0.134. The largest absolute Gasteiger partial charge is 0.325 e. The van der Waals surface area contributed by atoms with Crippen molar-refractivity contribution < 1.29 is 9.59 Å². The lowest BCUT2D eigenvalue weighted by Crippen LogP contribution is -2.53. The number of hydrogen-bond donors (Lipinski definition) is 1. The van der Waals surface area contributed by atoms with Gasteiger partial charge in [-0.25, -0.2) is 4.79 Å². The molecule has 2 fully saturated rings. The number of nitrogens with zero attached hydrogens (tertiary/aromatic N) is 1. The third-order valence-electron chi connectivity index (χ3n) is 4.76. The minimum Gasteiger partial charge on any atom is -0.323 e. The zero-order valence-corrected chi connectivity index (χ0v) is 12.8. The van der Waals surface area contributed by atoms with Crippen molar-refractivity contribution in [3.8, 4) is 0 Å². The van der Waals surface area contributed by atoms with Gasteiger partial charge in [0.05, 0.1) is 6.54 Å². The molecule has 1 N–H and O–H groups in total. The molecule has 2 aliphatic rings. The van der Waals surface area contributed by atoms with Gasteiger partial charge in [-0.1, -0.05) is 43.5 Å². The zero-order valence-electron chi connectivity index (χ0n) is 12.1. The van der Waals surface area contributed by atoms with Crippen LogP contribution in [0, 0.1) is 5.92 Å². The summed E-state index contributed by atoms with van der Waals surface area (Å²) in [6.07, 6.45) is 3.85. The van der Waals surface area contributed by atoms with Gasteiger partial charge in [-0.05, 0) is 36.5 Å². The second kappa shape index (κ2) is 5.34. The molecule has 112 valence electrons. The van der Waals surface area contributed by atoms with Gasteiger partial charge in [0.1, 0.15) is 5.54 Å². The van der Waals surface area contributed by atoms with E-state index in [1.165, 1.54) is 4.90 Å². The lowest BCUT2D eigenvalue weighted by atomic mass is 9.73. The molecule has 21 heavy (non-hydrogen) atoms. The Balaban J connectivity index is 1.82. The number of benzene rings is 1. The van der Waals surface area contributed by atoms with E-state index in [0.717, 1.165) is 31.2 Å². The minimum atomic E-state index is -0.679. The number of halogens is 1. The molecule has 1 aliphatic carbocycles. The molecule has 2 atom stereocenters. The van der Waals surface area contributed by atoms with E-state index in [1.54, 1.807) is 12.1 Å². The fourth-order valence-electron chi connectivity index (χ4n) is 3.41. The Morgan fingerprint density at radius 2 is 2.00 bits per heavy atom. The van der Waals surface area contributed by atoms with Gasteiger partial charge in [-0.15, -0.1) is 0 Å². The standard InChI is InChI=1S/C16H19ClN2O2/c1-11-4-2-3-9-16(11)14(20)19(15(21)18-16)10-12-5-7-13(17)8-6-12/h5-8,11H,2-4,9-10H2,1H3,(H,18,21)/t11-,16+/m1/s1. The Labute approximate surface area is 129 Å². The van der Waals surface area contributed by atoms with Crippen molar-refractivity contribution >= 4 is 23.5 Å². The number of nitrogens with one attached hydrogen (secondary N) is 1. The van der Waals surface area contributed by atoms with E-state index in [1.807, 2.05) is 12.1 Å². The number of hydrogen-bond acceptors (Lipinski definition) is 2. The van der Waals surface area contributed by atoms with Crippen molar-refractivity contribution in [3.63, 3.8) is 0 Å². The number of rotatable bonds is 2. The number of carbonyl (C=O) groups is 2. The summed E-state index contributed by atoms with van der Waals surface area (Å²) in [5.41, 5.74) is 0.227. The molecule has 0 aromatic heterocycles. The average molecular weight is 307 g/mol. The van der Waals surface area contributed by atoms with Crippen molar-refractivity contribution in [2.75, 3.05) is 0 Å². The molecule has 1 spiro atoms. The van der Waals surface area contributed by atoms with Gasteiger partial charge in [-0.3, -0.25) is 9.69 Å². The Morgan fingerprint density at radius 1 is 1.29 bits per heavy atom. The molecule has 0 unspecified atom stereocenters. The van der Waals surface area contributed by atoms with E-state index in [4.69, 9.17) is 11.6 Å². The highest BCUT2D eigenvalue weighted by molar-refractivity contribution is 6.30. The second-order valence-electron chi connectivity index (χ2n) is 6.07. The molecule has 1 aromatic rings. The van der Waals surface area contributed by atoms with Crippen molar-refractivity contribution in [1.29, 1.82) is 0 Å². The first-order valence-corrected chi connectivity index (χ1v) is 7.79.